The van der Waals surface area contributed by atoms with Gasteiger partial charge in [0.2, 0.25) is 5.91 Å². The van der Waals surface area contributed by atoms with Gasteiger partial charge < -0.3 is 9.64 Å². The summed E-state index contributed by atoms with van der Waals surface area (Å²) in [6, 6.07) is 10.4. The van der Waals surface area contributed by atoms with Gasteiger partial charge in [0.15, 0.2) is 0 Å². The molecule has 1 spiro atoms. The highest BCUT2D eigenvalue weighted by atomic mass is 16.5. The molecule has 5 heteroatoms. The van der Waals surface area contributed by atoms with Gasteiger partial charge in [-0.1, -0.05) is 44.2 Å². The minimum Gasteiger partial charge on any atom is -0.466 e. The van der Waals surface area contributed by atoms with Crippen molar-refractivity contribution < 1.29 is 14.3 Å². The molecule has 3 aliphatic rings. The van der Waals surface area contributed by atoms with E-state index in [9.17, 15) is 9.59 Å². The van der Waals surface area contributed by atoms with Crippen molar-refractivity contribution in [3.63, 3.8) is 0 Å². The van der Waals surface area contributed by atoms with E-state index in [0.29, 0.717) is 26.2 Å². The van der Waals surface area contributed by atoms with Gasteiger partial charge in [0, 0.05) is 44.1 Å². The molecule has 1 saturated carbocycles. The maximum Gasteiger partial charge on any atom is 0.310 e. The fourth-order valence-corrected chi connectivity index (χ4v) is 4.90. The second kappa shape index (κ2) is 6.62. The van der Waals surface area contributed by atoms with Gasteiger partial charge in [-0.3, -0.25) is 14.5 Å². The molecule has 1 amide bonds. The Hall–Kier alpha value is -1.88. The predicted molar refractivity (Wildman–Crippen MR) is 103 cm³/mol. The minimum absolute atomic E-state index is 0.105. The van der Waals surface area contributed by atoms with Crippen molar-refractivity contribution in [1.82, 2.24) is 9.80 Å². The Balaban J connectivity index is 1.45. The van der Waals surface area contributed by atoms with E-state index in [4.69, 9.17) is 4.74 Å². The SMILES string of the molecule is CCOC(=O)C1CN(Cc2ccccc2)CC12CN(C(=O)C1CC1(C)C)C2. The Labute approximate surface area is 161 Å². The summed E-state index contributed by atoms with van der Waals surface area (Å²) in [5.41, 5.74) is 1.26. The number of ether oxygens (including phenoxy) is 1. The molecule has 2 unspecified atom stereocenters. The summed E-state index contributed by atoms with van der Waals surface area (Å²) in [4.78, 5) is 29.7. The van der Waals surface area contributed by atoms with Crippen LogP contribution in [0.4, 0.5) is 0 Å². The van der Waals surface area contributed by atoms with Crippen LogP contribution in [0.1, 0.15) is 32.8 Å². The molecule has 5 nitrogen and oxygen atoms in total. The van der Waals surface area contributed by atoms with Crippen LogP contribution < -0.4 is 0 Å². The third-order valence-electron chi connectivity index (χ3n) is 6.67. The van der Waals surface area contributed by atoms with Crippen molar-refractivity contribution in [2.45, 2.75) is 33.7 Å². The molecule has 0 N–H and O–H groups in total. The maximum atomic E-state index is 12.7. The second-order valence-corrected chi connectivity index (χ2v) is 9.26. The van der Waals surface area contributed by atoms with E-state index >= 15 is 0 Å². The first-order valence-electron chi connectivity index (χ1n) is 10.1. The standard InChI is InChI=1S/C22H30N2O3/c1-4-27-20(26)18-12-23(11-16-8-6-5-7-9-16)13-22(18)14-24(15-22)19(25)17-10-21(17,2)3/h5-9,17-18H,4,10-15H2,1-3H3. The molecular weight excluding hydrogens is 340 g/mol. The Morgan fingerprint density at radius 1 is 1.11 bits per heavy atom. The van der Waals surface area contributed by atoms with E-state index in [2.05, 4.69) is 30.9 Å². The van der Waals surface area contributed by atoms with Crippen LogP contribution in [-0.2, 0) is 20.9 Å². The van der Waals surface area contributed by atoms with Crippen LogP contribution in [-0.4, -0.2) is 54.5 Å². The number of hydrogen-bond acceptors (Lipinski definition) is 4. The molecular formula is C22H30N2O3. The van der Waals surface area contributed by atoms with Crippen LogP contribution in [0.5, 0.6) is 0 Å². The Morgan fingerprint density at radius 2 is 1.78 bits per heavy atom. The van der Waals surface area contributed by atoms with Gasteiger partial charge in [-0.25, -0.2) is 0 Å². The monoisotopic (exact) mass is 370 g/mol. The van der Waals surface area contributed by atoms with Crippen LogP contribution >= 0.6 is 0 Å². The third-order valence-corrected chi connectivity index (χ3v) is 6.67. The summed E-state index contributed by atoms with van der Waals surface area (Å²) >= 11 is 0. The third kappa shape index (κ3) is 3.38. The smallest absolute Gasteiger partial charge is 0.310 e. The average molecular weight is 370 g/mol. The van der Waals surface area contributed by atoms with Gasteiger partial charge in [0.1, 0.15) is 0 Å². The van der Waals surface area contributed by atoms with Gasteiger partial charge >= 0.3 is 5.97 Å². The van der Waals surface area contributed by atoms with E-state index in [-0.39, 0.29) is 34.5 Å². The Morgan fingerprint density at radius 3 is 2.37 bits per heavy atom. The van der Waals surface area contributed by atoms with Gasteiger partial charge in [-0.05, 0) is 24.3 Å². The van der Waals surface area contributed by atoms with Gasteiger partial charge in [0.05, 0.1) is 12.5 Å². The zero-order valence-electron chi connectivity index (χ0n) is 16.6. The first-order valence-corrected chi connectivity index (χ1v) is 10.1. The number of carbonyl (C=O) groups is 2. The molecule has 0 bridgehead atoms. The maximum absolute atomic E-state index is 12.7. The average Bonchev–Trinajstić information content (AvgIpc) is 3.08. The summed E-state index contributed by atoms with van der Waals surface area (Å²) in [5.74, 6) is 0.191. The number of amides is 1. The zero-order chi connectivity index (χ0) is 19.2. The first-order chi connectivity index (χ1) is 12.8. The molecule has 3 fully saturated rings. The van der Waals surface area contributed by atoms with E-state index in [1.807, 2.05) is 30.0 Å². The lowest BCUT2D eigenvalue weighted by molar-refractivity contribution is -0.162. The van der Waals surface area contributed by atoms with E-state index < -0.39 is 0 Å². The molecule has 2 heterocycles. The van der Waals surface area contributed by atoms with Gasteiger partial charge in [-0.2, -0.15) is 0 Å². The van der Waals surface area contributed by atoms with Crippen molar-refractivity contribution in [3.05, 3.63) is 35.9 Å². The molecule has 1 aliphatic carbocycles. The van der Waals surface area contributed by atoms with Crippen LogP contribution in [0.15, 0.2) is 30.3 Å². The highest BCUT2D eigenvalue weighted by Gasteiger charge is 2.61. The molecule has 0 radical (unpaired) electrons. The zero-order valence-corrected chi connectivity index (χ0v) is 16.6. The van der Waals surface area contributed by atoms with Crippen molar-refractivity contribution in [3.8, 4) is 0 Å². The normalized spacial score (nSPS) is 28.0. The first kappa shape index (κ1) is 18.5. The summed E-state index contributed by atoms with van der Waals surface area (Å²) in [6.45, 7) is 10.3. The lowest BCUT2D eigenvalue weighted by atomic mass is 9.71. The minimum atomic E-state index is -0.143. The van der Waals surface area contributed by atoms with Crippen LogP contribution in [0.3, 0.4) is 0 Å². The van der Waals surface area contributed by atoms with Crippen molar-refractivity contribution in [2.75, 3.05) is 32.8 Å². The van der Waals surface area contributed by atoms with Crippen molar-refractivity contribution >= 4 is 11.9 Å². The number of benzene rings is 1. The van der Waals surface area contributed by atoms with E-state index in [1.165, 1.54) is 5.56 Å². The predicted octanol–water partition coefficient (Wildman–Crippen LogP) is 2.56. The Kier molecular flexibility index (Phi) is 4.53. The molecule has 1 aromatic carbocycles. The molecule has 2 saturated heterocycles. The molecule has 2 atom stereocenters. The molecule has 146 valence electrons. The molecule has 27 heavy (non-hydrogen) atoms. The number of esters is 1. The second-order valence-electron chi connectivity index (χ2n) is 9.26. The van der Waals surface area contributed by atoms with Gasteiger partial charge in [0.25, 0.3) is 0 Å². The highest BCUT2D eigenvalue weighted by Crippen LogP contribution is 2.54. The van der Waals surface area contributed by atoms with Gasteiger partial charge in [-0.15, -0.1) is 0 Å². The molecule has 4 rings (SSSR count). The summed E-state index contributed by atoms with van der Waals surface area (Å²) < 4.78 is 5.38. The summed E-state index contributed by atoms with van der Waals surface area (Å²) in [7, 11) is 0. The fourth-order valence-electron chi connectivity index (χ4n) is 4.90. The topological polar surface area (TPSA) is 49.9 Å². The number of hydrogen-bond donors (Lipinski definition) is 0. The Bertz CT molecular complexity index is 724. The number of rotatable bonds is 5. The number of likely N-dealkylation sites (tertiary alicyclic amines) is 2. The largest absolute Gasteiger partial charge is 0.466 e. The lowest BCUT2D eigenvalue weighted by Gasteiger charge is -2.50. The summed E-state index contributed by atoms with van der Waals surface area (Å²) in [6.07, 6.45) is 0.983. The fraction of sp³-hybridized carbons (Fsp3) is 0.636. The van der Waals surface area contributed by atoms with Crippen LogP contribution in [0.2, 0.25) is 0 Å². The molecule has 2 aliphatic heterocycles. The van der Waals surface area contributed by atoms with Crippen LogP contribution in [0, 0.1) is 22.7 Å². The molecule has 1 aromatic rings. The van der Waals surface area contributed by atoms with Crippen molar-refractivity contribution in [2.24, 2.45) is 22.7 Å². The highest BCUT2D eigenvalue weighted by molar-refractivity contribution is 5.84. The van der Waals surface area contributed by atoms with E-state index in [0.717, 1.165) is 19.5 Å². The number of carbonyl (C=O) groups excluding carboxylic acids is 2. The quantitative estimate of drug-likeness (QED) is 0.748. The molecule has 0 aromatic heterocycles. The lowest BCUT2D eigenvalue weighted by Crippen LogP contribution is -2.63. The van der Waals surface area contributed by atoms with Crippen molar-refractivity contribution in [1.29, 1.82) is 0 Å². The van der Waals surface area contributed by atoms with Crippen LogP contribution in [0.25, 0.3) is 0 Å². The number of nitrogens with zero attached hydrogens (tertiary/aromatic N) is 2. The van der Waals surface area contributed by atoms with E-state index in [1.54, 1.807) is 0 Å². The summed E-state index contributed by atoms with van der Waals surface area (Å²) in [5, 5.41) is 0.